The normalized spacial score (nSPS) is 51.2. The summed E-state index contributed by atoms with van der Waals surface area (Å²) in [5.41, 5.74) is 0.176. The van der Waals surface area contributed by atoms with Crippen LogP contribution in [0.2, 0.25) is 0 Å². The fraction of sp³-hybridized carbons (Fsp3) is 0.949. The van der Waals surface area contributed by atoms with Crippen molar-refractivity contribution < 1.29 is 70.0 Å². The molecule has 14 heteroatoms. The molecule has 3 saturated carbocycles. The smallest absolute Gasteiger partial charge is 0.187 e. The maximum atomic E-state index is 11.6. The molecule has 6 rings (SSSR count). The van der Waals surface area contributed by atoms with Gasteiger partial charge in [-0.25, -0.2) is 0 Å². The van der Waals surface area contributed by atoms with Gasteiger partial charge in [0.1, 0.15) is 48.8 Å². The number of fused-ring (bicyclic) bond motifs is 5. The average Bonchev–Trinajstić information content (AvgIpc) is 3.42. The monoisotopic (exact) mass is 758 g/mol. The summed E-state index contributed by atoms with van der Waals surface area (Å²) in [5, 5.41) is 106. The largest absolute Gasteiger partial charge is 0.394 e. The van der Waals surface area contributed by atoms with Crippen molar-refractivity contribution in [3.8, 4) is 0 Å². The molecule has 10 N–H and O–H groups in total. The summed E-state index contributed by atoms with van der Waals surface area (Å²) in [6.07, 6.45) is -9.27. The summed E-state index contributed by atoms with van der Waals surface area (Å²) >= 11 is 0. The van der Waals surface area contributed by atoms with E-state index >= 15 is 0 Å². The van der Waals surface area contributed by atoms with Crippen LogP contribution in [-0.2, 0) is 18.9 Å². The first-order valence-corrected chi connectivity index (χ1v) is 19.9. The maximum Gasteiger partial charge on any atom is 0.187 e. The van der Waals surface area contributed by atoms with E-state index in [1.54, 1.807) is 0 Å². The Hall–Kier alpha value is -0.820. The first-order valence-electron chi connectivity index (χ1n) is 19.9. The number of allylic oxidation sites excluding steroid dienone is 1. The van der Waals surface area contributed by atoms with E-state index in [-0.39, 0.29) is 41.4 Å². The molecule has 0 amide bonds. The number of aliphatic hydroxyl groups is 10. The molecule has 306 valence electrons. The molecule has 0 aromatic heterocycles. The predicted octanol–water partition coefficient (Wildman–Crippen LogP) is -0.0505. The molecule has 2 heterocycles. The standard InChI is InChI=1S/C39H66O14/c1-17(2)6-9-24(43)18(3)29-25(50-36-34(48)32(46)30(44)26(15-40)51-36)14-23-21-8-7-19-12-20(42)13-28(39(19,5)22(21)10-11-38(23,29)4)53-37-35(49)33(47)31(45)27(16-41)52-37/h7,17-18,20-37,40-49H,6,8-16H2,1-5H3/t18-,20-,21-,22+,23+,24+,25+,26+,27+,28+,29+,30+,31-,32-,33+,34+,35+,36+,37+,38+,39-/m1/s1. The summed E-state index contributed by atoms with van der Waals surface area (Å²) in [4.78, 5) is 0. The van der Waals surface area contributed by atoms with Crippen LogP contribution in [0.15, 0.2) is 11.6 Å². The van der Waals surface area contributed by atoms with Gasteiger partial charge in [-0.3, -0.25) is 0 Å². The molecule has 6 aliphatic rings. The second-order valence-corrected chi connectivity index (χ2v) is 18.1. The molecule has 0 radical (unpaired) electrons. The van der Waals surface area contributed by atoms with Crippen LogP contribution in [-0.4, -0.2) is 150 Å². The molecule has 0 aromatic rings. The Kier molecular flexibility index (Phi) is 12.8. The molecule has 0 bridgehead atoms. The number of hydrogen-bond acceptors (Lipinski definition) is 14. The molecule has 0 unspecified atom stereocenters. The third-order valence-electron chi connectivity index (χ3n) is 14.7. The Balaban J connectivity index is 1.31. The highest BCUT2D eigenvalue weighted by Crippen LogP contribution is 2.68. The fourth-order valence-electron chi connectivity index (χ4n) is 11.7. The van der Waals surface area contributed by atoms with Crippen molar-refractivity contribution >= 4 is 0 Å². The van der Waals surface area contributed by atoms with E-state index in [2.05, 4.69) is 40.7 Å². The van der Waals surface area contributed by atoms with Gasteiger partial charge in [-0.2, -0.15) is 0 Å². The molecule has 0 aromatic carbocycles. The van der Waals surface area contributed by atoms with Crippen LogP contribution >= 0.6 is 0 Å². The lowest BCUT2D eigenvalue weighted by Crippen LogP contribution is -2.62. The number of hydrogen-bond donors (Lipinski definition) is 10. The van der Waals surface area contributed by atoms with E-state index in [9.17, 15) is 51.1 Å². The summed E-state index contributed by atoms with van der Waals surface area (Å²) in [7, 11) is 0. The van der Waals surface area contributed by atoms with Crippen molar-refractivity contribution in [2.24, 2.45) is 46.3 Å². The van der Waals surface area contributed by atoms with Gasteiger partial charge in [0.25, 0.3) is 0 Å². The highest BCUT2D eigenvalue weighted by molar-refractivity contribution is 5.28. The van der Waals surface area contributed by atoms with E-state index in [1.165, 1.54) is 0 Å². The van der Waals surface area contributed by atoms with E-state index in [0.717, 1.165) is 31.3 Å². The summed E-state index contributed by atoms with van der Waals surface area (Å²) in [6.45, 7) is 9.58. The van der Waals surface area contributed by atoms with Gasteiger partial charge >= 0.3 is 0 Å². The lowest BCUT2D eigenvalue weighted by Gasteiger charge is -2.60. The zero-order valence-electron chi connectivity index (χ0n) is 31.8. The molecule has 2 saturated heterocycles. The van der Waals surface area contributed by atoms with E-state index in [0.29, 0.717) is 25.2 Å². The van der Waals surface area contributed by atoms with Crippen LogP contribution in [0.25, 0.3) is 0 Å². The van der Waals surface area contributed by atoms with E-state index < -0.39 is 104 Å². The third-order valence-corrected chi connectivity index (χ3v) is 14.7. The molecular formula is C39H66O14. The molecule has 5 fully saturated rings. The second-order valence-electron chi connectivity index (χ2n) is 18.1. The first kappa shape index (κ1) is 41.8. The number of aliphatic hydroxyl groups excluding tert-OH is 10. The van der Waals surface area contributed by atoms with Crippen molar-refractivity contribution in [2.75, 3.05) is 13.2 Å². The summed E-state index contributed by atoms with van der Waals surface area (Å²) in [6, 6.07) is 0. The van der Waals surface area contributed by atoms with Crippen LogP contribution in [0.3, 0.4) is 0 Å². The van der Waals surface area contributed by atoms with Crippen molar-refractivity contribution in [1.82, 2.24) is 0 Å². The number of rotatable bonds is 11. The van der Waals surface area contributed by atoms with Gasteiger partial charge in [0.2, 0.25) is 0 Å². The Morgan fingerprint density at radius 3 is 1.92 bits per heavy atom. The minimum Gasteiger partial charge on any atom is -0.394 e. The second kappa shape index (κ2) is 16.2. The first-order chi connectivity index (χ1) is 25.0. The average molecular weight is 759 g/mol. The number of ether oxygens (including phenoxy) is 4. The Morgan fingerprint density at radius 1 is 0.774 bits per heavy atom. The quantitative estimate of drug-likeness (QED) is 0.124. The van der Waals surface area contributed by atoms with Gasteiger partial charge in [-0.05, 0) is 85.9 Å². The minimum absolute atomic E-state index is 0.0794. The fourth-order valence-corrected chi connectivity index (χ4v) is 11.7. The van der Waals surface area contributed by atoms with Crippen molar-refractivity contribution in [2.45, 2.75) is 172 Å². The van der Waals surface area contributed by atoms with Gasteiger partial charge in [-0.15, -0.1) is 0 Å². The van der Waals surface area contributed by atoms with Crippen LogP contribution in [0.4, 0.5) is 0 Å². The van der Waals surface area contributed by atoms with Crippen LogP contribution in [0, 0.1) is 46.3 Å². The van der Waals surface area contributed by atoms with Crippen LogP contribution in [0.1, 0.15) is 86.0 Å². The highest BCUT2D eigenvalue weighted by Gasteiger charge is 2.65. The lowest BCUT2D eigenvalue weighted by atomic mass is 9.46. The SMILES string of the molecule is CC(C)CC[C@H](O)[C@@H](C)[C@H]1[C@@H](O[C@H]2O[C@@H](CO)[C@H](O)[C@@H](O)[C@@H]2O)C[C@H]2[C@@H]3CC=C4C[C@@H](O)C[C@H](O[C@@H]5O[C@@H](CO)[C@@H](O)[C@H](O)[C@@H]5O)[C@@]4(C)[C@H]3CC[C@]12C. The predicted molar refractivity (Wildman–Crippen MR) is 188 cm³/mol. The van der Waals surface area contributed by atoms with Crippen molar-refractivity contribution in [1.29, 1.82) is 0 Å². The topological polar surface area (TPSA) is 239 Å². The van der Waals surface area contributed by atoms with E-state index in [4.69, 9.17) is 18.9 Å². The van der Waals surface area contributed by atoms with Gasteiger partial charge in [-0.1, -0.05) is 46.3 Å². The van der Waals surface area contributed by atoms with Crippen LogP contribution in [0.5, 0.6) is 0 Å². The van der Waals surface area contributed by atoms with Crippen LogP contribution < -0.4 is 0 Å². The van der Waals surface area contributed by atoms with Gasteiger partial charge in [0.05, 0.1) is 37.6 Å². The Bertz CT molecular complexity index is 1260. The third kappa shape index (κ3) is 7.42. The van der Waals surface area contributed by atoms with Gasteiger partial charge < -0.3 is 70.0 Å². The zero-order valence-corrected chi connectivity index (χ0v) is 31.8. The molecule has 4 aliphatic carbocycles. The Morgan fingerprint density at radius 2 is 1.36 bits per heavy atom. The molecule has 14 nitrogen and oxygen atoms in total. The van der Waals surface area contributed by atoms with Gasteiger partial charge in [0.15, 0.2) is 12.6 Å². The summed E-state index contributed by atoms with van der Waals surface area (Å²) < 4.78 is 24.8. The molecular weight excluding hydrogens is 692 g/mol. The minimum atomic E-state index is -1.59. The molecule has 2 aliphatic heterocycles. The molecule has 53 heavy (non-hydrogen) atoms. The lowest BCUT2D eigenvalue weighted by molar-refractivity contribution is -0.324. The molecule has 21 atom stereocenters. The van der Waals surface area contributed by atoms with Gasteiger partial charge in [0, 0.05) is 11.8 Å². The highest BCUT2D eigenvalue weighted by atomic mass is 16.7. The van der Waals surface area contributed by atoms with E-state index in [1.807, 2.05) is 0 Å². The molecule has 0 spiro atoms. The van der Waals surface area contributed by atoms with Crippen molar-refractivity contribution in [3.63, 3.8) is 0 Å². The maximum absolute atomic E-state index is 11.6. The Labute approximate surface area is 312 Å². The summed E-state index contributed by atoms with van der Waals surface area (Å²) in [5.74, 6) is 0.371. The van der Waals surface area contributed by atoms with Crippen molar-refractivity contribution in [3.05, 3.63) is 11.6 Å². The zero-order chi connectivity index (χ0) is 38.7.